The molecule has 0 saturated carbocycles. The number of fused-ring (bicyclic) bond motifs is 1. The molecule has 0 aliphatic carbocycles. The number of anilines is 1. The minimum absolute atomic E-state index is 0.00962. The van der Waals surface area contributed by atoms with E-state index in [4.69, 9.17) is 23.2 Å². The average Bonchev–Trinajstić information content (AvgIpc) is 3.10. The van der Waals surface area contributed by atoms with Crippen LogP contribution in [-0.4, -0.2) is 20.3 Å². The van der Waals surface area contributed by atoms with E-state index in [0.717, 1.165) is 0 Å². The van der Waals surface area contributed by atoms with Gasteiger partial charge in [-0.3, -0.25) is 14.2 Å². The van der Waals surface area contributed by atoms with Gasteiger partial charge in [-0.1, -0.05) is 35.3 Å². The van der Waals surface area contributed by atoms with Crippen molar-refractivity contribution in [2.75, 3.05) is 5.32 Å². The summed E-state index contributed by atoms with van der Waals surface area (Å²) in [7, 11) is 0. The Bertz CT molecular complexity index is 1240. The van der Waals surface area contributed by atoms with Crippen LogP contribution >= 0.6 is 23.2 Å². The van der Waals surface area contributed by atoms with Crippen molar-refractivity contribution in [1.82, 2.24) is 14.4 Å². The minimum Gasteiger partial charge on any atom is -0.319 e. The molecule has 4 aromatic rings. The molecule has 30 heavy (non-hydrogen) atoms. The molecule has 152 valence electrons. The van der Waals surface area contributed by atoms with Crippen molar-refractivity contribution in [1.29, 1.82) is 0 Å². The van der Waals surface area contributed by atoms with Crippen LogP contribution in [-0.2, 0) is 6.18 Å². The highest BCUT2D eigenvalue weighted by atomic mass is 35.5. The van der Waals surface area contributed by atoms with Gasteiger partial charge in [-0.25, -0.2) is 4.98 Å². The molecule has 3 aromatic heterocycles. The van der Waals surface area contributed by atoms with Crippen LogP contribution in [0.25, 0.3) is 17.0 Å². The number of pyridine rings is 2. The summed E-state index contributed by atoms with van der Waals surface area (Å²) >= 11 is 12.1. The molecule has 0 atom stereocenters. The molecule has 0 unspecified atom stereocenters. The normalized spacial score (nSPS) is 11.6. The lowest BCUT2D eigenvalue weighted by atomic mass is 10.2. The first-order valence-electron chi connectivity index (χ1n) is 8.52. The summed E-state index contributed by atoms with van der Waals surface area (Å²) < 4.78 is 42.4. The van der Waals surface area contributed by atoms with Crippen molar-refractivity contribution in [2.45, 2.75) is 6.18 Å². The maximum atomic E-state index is 13.7. The van der Waals surface area contributed by atoms with Gasteiger partial charge in [0.15, 0.2) is 11.3 Å². The molecule has 1 amide bonds. The summed E-state index contributed by atoms with van der Waals surface area (Å²) in [6.07, 6.45) is -1.92. The molecule has 10 heteroatoms. The highest BCUT2D eigenvalue weighted by Gasteiger charge is 2.39. The first-order chi connectivity index (χ1) is 14.3. The third kappa shape index (κ3) is 3.59. The van der Waals surface area contributed by atoms with Gasteiger partial charge in [-0.2, -0.15) is 13.2 Å². The number of amides is 1. The van der Waals surface area contributed by atoms with Gasteiger partial charge in [-0.15, -0.1) is 0 Å². The zero-order valence-electron chi connectivity index (χ0n) is 14.9. The topological polar surface area (TPSA) is 59.3 Å². The van der Waals surface area contributed by atoms with Crippen LogP contribution in [0.15, 0.2) is 60.9 Å². The highest BCUT2D eigenvalue weighted by Crippen LogP contribution is 2.38. The van der Waals surface area contributed by atoms with E-state index < -0.39 is 17.8 Å². The predicted octanol–water partition coefficient (Wildman–Crippen LogP) is 5.97. The van der Waals surface area contributed by atoms with Crippen LogP contribution in [0, 0.1) is 0 Å². The lowest BCUT2D eigenvalue weighted by Crippen LogP contribution is -2.14. The lowest BCUT2D eigenvalue weighted by Gasteiger charge is -2.10. The Morgan fingerprint density at radius 1 is 1.00 bits per heavy atom. The summed E-state index contributed by atoms with van der Waals surface area (Å²) in [6, 6.07) is 12.1. The zero-order chi connectivity index (χ0) is 21.5. The van der Waals surface area contributed by atoms with E-state index in [2.05, 4.69) is 15.3 Å². The molecular formula is C20H11Cl2F3N4O. The Balaban J connectivity index is 1.87. The van der Waals surface area contributed by atoms with Gasteiger partial charge in [0.05, 0.1) is 27.0 Å². The number of hydrogen-bond donors (Lipinski definition) is 1. The molecule has 0 fully saturated rings. The largest absolute Gasteiger partial charge is 0.435 e. The van der Waals surface area contributed by atoms with Crippen molar-refractivity contribution < 1.29 is 18.0 Å². The number of benzene rings is 1. The number of carbonyl (C=O) groups is 1. The van der Waals surface area contributed by atoms with Gasteiger partial charge in [-0.05, 0) is 36.4 Å². The quantitative estimate of drug-likeness (QED) is 0.417. The van der Waals surface area contributed by atoms with Crippen LogP contribution in [0.4, 0.5) is 18.9 Å². The van der Waals surface area contributed by atoms with Crippen molar-refractivity contribution in [2.24, 2.45) is 0 Å². The van der Waals surface area contributed by atoms with Crippen LogP contribution < -0.4 is 5.32 Å². The van der Waals surface area contributed by atoms with E-state index in [0.29, 0.717) is 0 Å². The summed E-state index contributed by atoms with van der Waals surface area (Å²) in [6.45, 7) is 0. The van der Waals surface area contributed by atoms with Crippen molar-refractivity contribution >= 4 is 40.4 Å². The van der Waals surface area contributed by atoms with Gasteiger partial charge in [0.25, 0.3) is 5.91 Å². The molecule has 4 rings (SSSR count). The molecule has 1 N–H and O–H groups in total. The summed E-state index contributed by atoms with van der Waals surface area (Å²) in [5.74, 6) is -0.672. The van der Waals surface area contributed by atoms with E-state index in [1.807, 2.05) is 0 Å². The molecule has 0 bridgehead atoms. The van der Waals surface area contributed by atoms with E-state index in [9.17, 15) is 18.0 Å². The van der Waals surface area contributed by atoms with Gasteiger partial charge < -0.3 is 5.32 Å². The fraction of sp³-hybridized carbons (Fsp3) is 0.0500. The van der Waals surface area contributed by atoms with Gasteiger partial charge in [0.1, 0.15) is 5.69 Å². The highest BCUT2D eigenvalue weighted by molar-refractivity contribution is 6.40. The standard InChI is InChI=1S/C20H11Cl2F3N4O/c21-11-5-3-6-12(22)15(11)19(30)27-14-8-4-10-29-16(13-7-1-2-9-26-13)17(20(23,24)25)28-18(14)29/h1-10H,(H,27,30). The molecule has 1 aromatic carbocycles. The maximum Gasteiger partial charge on any atom is 0.435 e. The summed E-state index contributed by atoms with van der Waals surface area (Å²) in [5, 5.41) is 2.77. The van der Waals surface area contributed by atoms with Gasteiger partial charge in [0, 0.05) is 12.4 Å². The van der Waals surface area contributed by atoms with E-state index >= 15 is 0 Å². The third-order valence-electron chi connectivity index (χ3n) is 4.26. The summed E-state index contributed by atoms with van der Waals surface area (Å²) in [4.78, 5) is 20.5. The van der Waals surface area contributed by atoms with E-state index in [1.165, 1.54) is 47.1 Å². The maximum absolute atomic E-state index is 13.7. The molecule has 0 aliphatic rings. The fourth-order valence-corrected chi connectivity index (χ4v) is 3.58. The molecule has 0 aliphatic heterocycles. The van der Waals surface area contributed by atoms with E-state index in [-0.39, 0.29) is 38.3 Å². The predicted molar refractivity (Wildman–Crippen MR) is 108 cm³/mol. The number of imidazole rings is 1. The molecule has 5 nitrogen and oxygen atoms in total. The monoisotopic (exact) mass is 450 g/mol. The van der Waals surface area contributed by atoms with Crippen LogP contribution in [0.5, 0.6) is 0 Å². The summed E-state index contributed by atoms with van der Waals surface area (Å²) in [5.41, 5.74) is -1.28. The van der Waals surface area contributed by atoms with Gasteiger partial charge in [0.2, 0.25) is 0 Å². The molecule has 0 spiro atoms. The van der Waals surface area contributed by atoms with Crippen molar-refractivity contribution in [3.05, 3.63) is 82.2 Å². The molecule has 0 radical (unpaired) electrons. The SMILES string of the molecule is O=C(Nc1cccn2c(-c3ccccn3)c(C(F)(F)F)nc12)c1c(Cl)cccc1Cl. The molecule has 0 saturated heterocycles. The second-order valence-electron chi connectivity index (χ2n) is 6.19. The average molecular weight is 451 g/mol. The second-order valence-corrected chi connectivity index (χ2v) is 7.00. The molecular weight excluding hydrogens is 440 g/mol. The first kappa shape index (κ1) is 20.2. The Labute approximate surface area is 178 Å². The zero-order valence-corrected chi connectivity index (χ0v) is 16.4. The second kappa shape index (κ2) is 7.62. The first-order valence-corrected chi connectivity index (χ1v) is 9.28. The number of carbonyl (C=O) groups excluding carboxylic acids is 1. The Kier molecular flexibility index (Phi) is 5.13. The third-order valence-corrected chi connectivity index (χ3v) is 4.89. The molecule has 3 heterocycles. The smallest absolute Gasteiger partial charge is 0.319 e. The van der Waals surface area contributed by atoms with Crippen LogP contribution in [0.1, 0.15) is 16.1 Å². The number of hydrogen-bond acceptors (Lipinski definition) is 3. The van der Waals surface area contributed by atoms with Crippen LogP contribution in [0.2, 0.25) is 10.0 Å². The lowest BCUT2D eigenvalue weighted by molar-refractivity contribution is -0.140. The van der Waals surface area contributed by atoms with Crippen LogP contribution in [0.3, 0.4) is 0 Å². The number of nitrogens with one attached hydrogen (secondary N) is 1. The Morgan fingerprint density at radius 2 is 1.73 bits per heavy atom. The number of aromatic nitrogens is 3. The fourth-order valence-electron chi connectivity index (χ4n) is 3.01. The van der Waals surface area contributed by atoms with E-state index in [1.54, 1.807) is 18.2 Å². The minimum atomic E-state index is -4.73. The Morgan fingerprint density at radius 3 is 2.37 bits per heavy atom. The number of alkyl halides is 3. The van der Waals surface area contributed by atoms with Gasteiger partial charge >= 0.3 is 6.18 Å². The Hall–Kier alpha value is -3.10. The number of halogens is 5. The number of rotatable bonds is 3. The van der Waals surface area contributed by atoms with Crippen molar-refractivity contribution in [3.63, 3.8) is 0 Å². The van der Waals surface area contributed by atoms with Crippen molar-refractivity contribution in [3.8, 4) is 11.4 Å². The number of nitrogens with zero attached hydrogens (tertiary/aromatic N) is 3.